The van der Waals surface area contributed by atoms with Crippen LogP contribution in [0.3, 0.4) is 0 Å². The Morgan fingerprint density at radius 3 is 2.04 bits per heavy atom. The number of hydrogen-bond donors (Lipinski definition) is 0. The predicted octanol–water partition coefficient (Wildman–Crippen LogP) is -0.970. The van der Waals surface area contributed by atoms with Crippen LogP contribution in [-0.2, 0) is 23.8 Å². The minimum atomic E-state index is -3.31. The van der Waals surface area contributed by atoms with Gasteiger partial charge in [-0.3, -0.25) is 4.90 Å². The van der Waals surface area contributed by atoms with Gasteiger partial charge in [0.05, 0.1) is 6.54 Å². The number of aromatic nitrogens is 2. The molecule has 2 aliphatic heterocycles. The van der Waals surface area contributed by atoms with Gasteiger partial charge >= 0.3 is 0 Å². The van der Waals surface area contributed by atoms with Crippen LogP contribution in [0.4, 0.5) is 0 Å². The Labute approximate surface area is 138 Å². The summed E-state index contributed by atoms with van der Waals surface area (Å²) >= 11 is 0. The van der Waals surface area contributed by atoms with Gasteiger partial charge in [-0.25, -0.2) is 4.98 Å². The fraction of sp³-hybridized carbons (Fsp3) is 0.786. The van der Waals surface area contributed by atoms with Gasteiger partial charge in [0.25, 0.3) is 10.2 Å². The molecule has 0 aliphatic carbocycles. The van der Waals surface area contributed by atoms with E-state index < -0.39 is 10.2 Å². The molecule has 1 aromatic rings. The van der Waals surface area contributed by atoms with Crippen molar-refractivity contribution in [2.45, 2.75) is 6.54 Å². The molecule has 2 fully saturated rings. The summed E-state index contributed by atoms with van der Waals surface area (Å²) < 4.78 is 30.7. The van der Waals surface area contributed by atoms with E-state index in [-0.39, 0.29) is 0 Å². The summed E-state index contributed by atoms with van der Waals surface area (Å²) in [5.41, 5.74) is 0. The average Bonchev–Trinajstić information content (AvgIpc) is 2.93. The summed E-state index contributed by atoms with van der Waals surface area (Å²) in [6, 6.07) is 0. The highest BCUT2D eigenvalue weighted by Crippen LogP contribution is 2.15. The first kappa shape index (κ1) is 16.8. The Morgan fingerprint density at radius 1 is 0.957 bits per heavy atom. The molecular formula is C14H26N6O2S. The first-order chi connectivity index (χ1) is 11.0. The van der Waals surface area contributed by atoms with Gasteiger partial charge < -0.3 is 9.47 Å². The van der Waals surface area contributed by atoms with E-state index >= 15 is 0 Å². The molecular weight excluding hydrogens is 316 g/mol. The Morgan fingerprint density at radius 2 is 1.52 bits per heavy atom. The second-order valence-electron chi connectivity index (χ2n) is 6.34. The lowest BCUT2D eigenvalue weighted by Gasteiger charge is -2.38. The van der Waals surface area contributed by atoms with Crippen LogP contribution in [0.5, 0.6) is 0 Å². The van der Waals surface area contributed by atoms with E-state index in [0.717, 1.165) is 38.5 Å². The topological polar surface area (TPSA) is 64.9 Å². The molecule has 9 heteroatoms. The lowest BCUT2D eigenvalue weighted by atomic mass is 10.3. The molecule has 0 saturated carbocycles. The average molecular weight is 342 g/mol. The van der Waals surface area contributed by atoms with Gasteiger partial charge in [-0.05, 0) is 7.05 Å². The third kappa shape index (κ3) is 3.74. The molecule has 2 saturated heterocycles. The van der Waals surface area contributed by atoms with E-state index in [2.05, 4.69) is 14.8 Å². The standard InChI is InChI=1S/C14H26N6O2S/c1-16-5-9-19(10-6-16)23(21,22)20-11-7-18(8-12-20)13-14-15-3-4-17(14)2/h3-4H,5-13H2,1-2H3. The SMILES string of the molecule is CN1CCN(S(=O)(=O)N2CCN(Cc3nccn3C)CC2)CC1. The quantitative estimate of drug-likeness (QED) is 0.704. The maximum absolute atomic E-state index is 12.7. The minimum absolute atomic E-state index is 0.555. The molecule has 0 aromatic carbocycles. The number of piperazine rings is 2. The zero-order chi connectivity index (χ0) is 16.4. The summed E-state index contributed by atoms with van der Waals surface area (Å²) in [7, 11) is 0.701. The number of nitrogens with zero attached hydrogens (tertiary/aromatic N) is 6. The molecule has 3 heterocycles. The lowest BCUT2D eigenvalue weighted by molar-refractivity contribution is 0.161. The van der Waals surface area contributed by atoms with Gasteiger partial charge in [0.2, 0.25) is 0 Å². The van der Waals surface area contributed by atoms with Crippen LogP contribution in [0.15, 0.2) is 12.4 Å². The number of likely N-dealkylation sites (N-methyl/N-ethyl adjacent to an activating group) is 1. The van der Waals surface area contributed by atoms with Crippen molar-refractivity contribution < 1.29 is 8.42 Å². The van der Waals surface area contributed by atoms with Crippen LogP contribution in [0.2, 0.25) is 0 Å². The molecule has 3 rings (SSSR count). The van der Waals surface area contributed by atoms with Crippen molar-refractivity contribution in [1.82, 2.24) is 28.0 Å². The van der Waals surface area contributed by atoms with Crippen molar-refractivity contribution in [1.29, 1.82) is 0 Å². The summed E-state index contributed by atoms with van der Waals surface area (Å²) in [5.74, 6) is 1.01. The van der Waals surface area contributed by atoms with Crippen LogP contribution in [-0.4, -0.2) is 95.8 Å². The minimum Gasteiger partial charge on any atom is -0.337 e. The van der Waals surface area contributed by atoms with E-state index in [4.69, 9.17) is 0 Å². The van der Waals surface area contributed by atoms with Crippen molar-refractivity contribution in [3.63, 3.8) is 0 Å². The van der Waals surface area contributed by atoms with Gasteiger partial charge in [-0.2, -0.15) is 17.0 Å². The normalized spacial score (nSPS) is 23.4. The van der Waals surface area contributed by atoms with Crippen LogP contribution in [0.25, 0.3) is 0 Å². The Bertz CT molecular complexity index is 615. The summed E-state index contributed by atoms with van der Waals surface area (Å²) in [6.45, 7) is 6.17. The number of aryl methyl sites for hydroxylation is 1. The molecule has 1 aromatic heterocycles. The number of rotatable bonds is 4. The zero-order valence-corrected chi connectivity index (χ0v) is 14.7. The molecule has 0 spiro atoms. The largest absolute Gasteiger partial charge is 0.337 e. The molecule has 0 amide bonds. The van der Waals surface area contributed by atoms with Gasteiger partial charge in [-0.1, -0.05) is 0 Å². The van der Waals surface area contributed by atoms with Gasteiger partial charge in [0.1, 0.15) is 5.82 Å². The smallest absolute Gasteiger partial charge is 0.282 e. The monoisotopic (exact) mass is 342 g/mol. The highest BCUT2D eigenvalue weighted by molar-refractivity contribution is 7.86. The van der Waals surface area contributed by atoms with Crippen molar-refractivity contribution in [2.24, 2.45) is 7.05 Å². The lowest BCUT2D eigenvalue weighted by Crippen LogP contribution is -2.56. The number of hydrogen-bond acceptors (Lipinski definition) is 5. The third-order valence-corrected chi connectivity index (χ3v) is 6.77. The Kier molecular flexibility index (Phi) is 5.02. The molecule has 0 bridgehead atoms. The third-order valence-electron chi connectivity index (χ3n) is 4.73. The highest BCUT2D eigenvalue weighted by atomic mass is 32.2. The predicted molar refractivity (Wildman–Crippen MR) is 88.0 cm³/mol. The van der Waals surface area contributed by atoms with Gasteiger partial charge in [0, 0.05) is 71.8 Å². The van der Waals surface area contributed by atoms with Crippen molar-refractivity contribution in [2.75, 3.05) is 59.4 Å². The first-order valence-electron chi connectivity index (χ1n) is 8.09. The molecule has 2 aliphatic rings. The molecule has 0 unspecified atom stereocenters. The molecule has 130 valence electrons. The maximum atomic E-state index is 12.7. The van der Waals surface area contributed by atoms with Crippen LogP contribution in [0, 0.1) is 0 Å². The van der Waals surface area contributed by atoms with Crippen molar-refractivity contribution in [3.05, 3.63) is 18.2 Å². The van der Waals surface area contributed by atoms with Crippen LogP contribution in [0.1, 0.15) is 5.82 Å². The zero-order valence-electron chi connectivity index (χ0n) is 13.9. The summed E-state index contributed by atoms with van der Waals surface area (Å²) in [5, 5.41) is 0. The molecule has 8 nitrogen and oxygen atoms in total. The fourth-order valence-electron chi connectivity index (χ4n) is 3.05. The van der Waals surface area contributed by atoms with Crippen molar-refractivity contribution >= 4 is 10.2 Å². The van der Waals surface area contributed by atoms with Crippen LogP contribution >= 0.6 is 0 Å². The van der Waals surface area contributed by atoms with E-state index in [1.54, 1.807) is 14.8 Å². The number of imidazole rings is 1. The first-order valence-corrected chi connectivity index (χ1v) is 9.49. The molecule has 0 radical (unpaired) electrons. The Balaban J connectivity index is 1.55. The van der Waals surface area contributed by atoms with Crippen molar-refractivity contribution in [3.8, 4) is 0 Å². The van der Waals surface area contributed by atoms with E-state index in [1.165, 1.54) is 0 Å². The highest BCUT2D eigenvalue weighted by Gasteiger charge is 2.33. The summed E-state index contributed by atoms with van der Waals surface area (Å²) in [4.78, 5) is 8.76. The molecule has 23 heavy (non-hydrogen) atoms. The Hall–Kier alpha value is -1.00. The summed E-state index contributed by atoms with van der Waals surface area (Å²) in [6.07, 6.45) is 3.73. The molecule has 0 atom stereocenters. The second kappa shape index (κ2) is 6.86. The van der Waals surface area contributed by atoms with E-state index in [0.29, 0.717) is 26.2 Å². The maximum Gasteiger partial charge on any atom is 0.282 e. The van der Waals surface area contributed by atoms with Gasteiger partial charge in [0.15, 0.2) is 0 Å². The van der Waals surface area contributed by atoms with E-state index in [9.17, 15) is 8.42 Å². The van der Waals surface area contributed by atoms with E-state index in [1.807, 2.05) is 24.9 Å². The second-order valence-corrected chi connectivity index (χ2v) is 8.27. The molecule has 0 N–H and O–H groups in total. The fourth-order valence-corrected chi connectivity index (χ4v) is 4.63. The van der Waals surface area contributed by atoms with Crippen LogP contribution < -0.4 is 0 Å². The van der Waals surface area contributed by atoms with Gasteiger partial charge in [-0.15, -0.1) is 0 Å².